The maximum atomic E-state index is 14.0. The summed E-state index contributed by atoms with van der Waals surface area (Å²) in [5.41, 5.74) is 5.53. The zero-order valence-electron chi connectivity index (χ0n) is 31.1. The number of ether oxygens (including phenoxy) is 2. The third kappa shape index (κ3) is 13.9. The van der Waals surface area contributed by atoms with Crippen molar-refractivity contribution in [2.75, 3.05) is 13.2 Å². The zero-order valence-corrected chi connectivity index (χ0v) is 31.1. The molecule has 14 heteroatoms. The Balaban J connectivity index is 2.13. The third-order valence-electron chi connectivity index (χ3n) is 8.45. The molecule has 14 nitrogen and oxygen atoms in total. The normalized spacial score (nSPS) is 19.8. The van der Waals surface area contributed by atoms with Crippen molar-refractivity contribution >= 4 is 29.7 Å². The lowest BCUT2D eigenvalue weighted by atomic mass is 9.87. The van der Waals surface area contributed by atoms with E-state index >= 15 is 0 Å². The van der Waals surface area contributed by atoms with Gasteiger partial charge in [0, 0.05) is 19.1 Å². The molecule has 1 aromatic rings. The van der Waals surface area contributed by atoms with Gasteiger partial charge in [-0.3, -0.25) is 19.2 Å². The van der Waals surface area contributed by atoms with Crippen LogP contribution in [-0.2, 0) is 35.2 Å². The van der Waals surface area contributed by atoms with Crippen molar-refractivity contribution < 1.29 is 38.6 Å². The van der Waals surface area contributed by atoms with Crippen LogP contribution in [0, 0.1) is 17.8 Å². The molecule has 0 aromatic heterocycles. The van der Waals surface area contributed by atoms with Gasteiger partial charge in [0.15, 0.2) is 0 Å². The summed E-state index contributed by atoms with van der Waals surface area (Å²) < 4.78 is 10.8. The largest absolute Gasteiger partial charge is 0.444 e. The highest BCUT2D eigenvalue weighted by Gasteiger charge is 2.46. The van der Waals surface area contributed by atoms with Gasteiger partial charge in [-0.1, -0.05) is 65.0 Å². The van der Waals surface area contributed by atoms with Crippen LogP contribution in [0.25, 0.3) is 0 Å². The van der Waals surface area contributed by atoms with Gasteiger partial charge in [-0.25, -0.2) is 4.79 Å². The second-order valence-electron chi connectivity index (χ2n) is 15.2. The first kappa shape index (κ1) is 42.4. The van der Waals surface area contributed by atoms with Crippen molar-refractivity contribution in [3.63, 3.8) is 0 Å². The molecular weight excluding hydrogens is 644 g/mol. The smallest absolute Gasteiger partial charge is 0.408 e. The average molecular weight is 705 g/mol. The van der Waals surface area contributed by atoms with Crippen molar-refractivity contribution in [2.45, 2.75) is 130 Å². The van der Waals surface area contributed by atoms with Gasteiger partial charge in [0.05, 0.1) is 24.3 Å². The Labute approximate surface area is 296 Å². The Kier molecular flexibility index (Phi) is 16.1. The topological polar surface area (TPSA) is 210 Å². The van der Waals surface area contributed by atoms with Gasteiger partial charge in [-0.05, 0) is 64.4 Å². The van der Waals surface area contributed by atoms with E-state index < -0.39 is 71.1 Å². The first-order valence-electron chi connectivity index (χ1n) is 17.5. The molecule has 1 fully saturated rings. The van der Waals surface area contributed by atoms with Crippen LogP contribution in [0.5, 0.6) is 0 Å². The fourth-order valence-electron chi connectivity index (χ4n) is 5.58. The molecule has 0 aliphatic carbocycles. The van der Waals surface area contributed by atoms with Gasteiger partial charge in [0.2, 0.25) is 23.6 Å². The van der Waals surface area contributed by atoms with E-state index in [1.54, 1.807) is 48.5 Å². The van der Waals surface area contributed by atoms with E-state index in [-0.39, 0.29) is 43.8 Å². The molecule has 50 heavy (non-hydrogen) atoms. The molecule has 1 aliphatic rings. The van der Waals surface area contributed by atoms with Crippen LogP contribution in [0.2, 0.25) is 0 Å². The lowest BCUT2D eigenvalue weighted by Gasteiger charge is -2.36. The molecule has 8 N–H and O–H groups in total. The lowest BCUT2D eigenvalue weighted by Crippen LogP contribution is -2.68. The molecule has 2 rings (SSSR count). The van der Waals surface area contributed by atoms with Crippen LogP contribution in [0.15, 0.2) is 30.3 Å². The van der Waals surface area contributed by atoms with E-state index in [1.165, 1.54) is 0 Å². The van der Waals surface area contributed by atoms with Gasteiger partial charge >= 0.3 is 6.09 Å². The van der Waals surface area contributed by atoms with Gasteiger partial charge in [0.1, 0.15) is 23.7 Å². The molecule has 0 spiro atoms. The van der Waals surface area contributed by atoms with Crippen molar-refractivity contribution in [2.24, 2.45) is 23.5 Å². The summed E-state index contributed by atoms with van der Waals surface area (Å²) in [6, 6.07) is 5.49. The van der Waals surface area contributed by atoms with Crippen LogP contribution in [-0.4, -0.2) is 89.5 Å². The fraction of sp³-hybridized carbons (Fsp3) is 0.694. The fourth-order valence-corrected chi connectivity index (χ4v) is 5.58. The number of nitrogens with one attached hydrogen (secondary N) is 5. The lowest BCUT2D eigenvalue weighted by molar-refractivity contribution is -0.133. The van der Waals surface area contributed by atoms with Crippen LogP contribution < -0.4 is 32.3 Å². The van der Waals surface area contributed by atoms with Gasteiger partial charge in [-0.2, -0.15) is 0 Å². The summed E-state index contributed by atoms with van der Waals surface area (Å²) in [5, 5.41) is 25.1. The maximum Gasteiger partial charge on any atom is 0.408 e. The number of rotatable bonds is 17. The van der Waals surface area contributed by atoms with Crippen LogP contribution in [0.3, 0.4) is 0 Å². The second-order valence-corrected chi connectivity index (χ2v) is 15.2. The van der Waals surface area contributed by atoms with Crippen molar-refractivity contribution in [1.82, 2.24) is 26.6 Å². The van der Waals surface area contributed by atoms with Gasteiger partial charge in [-0.15, -0.1) is 0 Å². The molecule has 5 amide bonds. The molecule has 282 valence electrons. The molecule has 1 aliphatic heterocycles. The van der Waals surface area contributed by atoms with Gasteiger partial charge in [0.25, 0.3) is 0 Å². The van der Waals surface area contributed by atoms with E-state index in [2.05, 4.69) is 26.6 Å². The second kappa shape index (κ2) is 19.0. The van der Waals surface area contributed by atoms with Crippen molar-refractivity contribution in [3.8, 4) is 0 Å². The van der Waals surface area contributed by atoms with E-state index in [0.717, 1.165) is 5.56 Å². The number of amides is 5. The molecule has 0 radical (unpaired) electrons. The molecule has 0 unspecified atom stereocenters. The standard InChI is InChI=1S/C36H60N6O8/c1-21(2)17-26(27(43)18-23(5)30(44)39-24(6)31(45)38-19-25-13-11-10-12-14-25)40-33(47)29(36(37)15-16-49-20-36)42-32(46)28(22(3)4)41-34(48)50-35(7,8)9/h10-14,21-24,26-29,43H,15-20,37H2,1-9H3,(H,38,45)(H,39,44)(H,40,47)(H,41,48)(H,42,46)/t23-,24+,26+,27+,28+,29-,36+/m1/s1. The number of carbonyl (C=O) groups is 5. The van der Waals surface area contributed by atoms with Crippen molar-refractivity contribution in [3.05, 3.63) is 35.9 Å². The van der Waals surface area contributed by atoms with E-state index in [1.807, 2.05) is 44.2 Å². The minimum atomic E-state index is -1.27. The van der Waals surface area contributed by atoms with E-state index in [0.29, 0.717) is 13.0 Å². The number of aliphatic hydroxyl groups is 1. The Morgan fingerprint density at radius 2 is 1.52 bits per heavy atom. The maximum absolute atomic E-state index is 14.0. The highest BCUT2D eigenvalue weighted by molar-refractivity contribution is 5.92. The minimum Gasteiger partial charge on any atom is -0.444 e. The summed E-state index contributed by atoms with van der Waals surface area (Å²) in [4.78, 5) is 65.7. The van der Waals surface area contributed by atoms with E-state index in [9.17, 15) is 29.1 Å². The molecule has 1 heterocycles. The SMILES string of the molecule is CC(C)C[C@H](NC(=O)[C@@H](NC(=O)[C@@H](NC(=O)OC(C)(C)C)C(C)C)[C@]1(N)CCOC1)[C@@H](O)C[C@@H](C)C(=O)N[C@@H](C)C(=O)NCc1ccccc1. The highest BCUT2D eigenvalue weighted by Crippen LogP contribution is 2.23. The van der Waals surface area contributed by atoms with Crippen LogP contribution >= 0.6 is 0 Å². The highest BCUT2D eigenvalue weighted by atomic mass is 16.6. The average Bonchev–Trinajstić information content (AvgIpc) is 3.46. The van der Waals surface area contributed by atoms with E-state index in [4.69, 9.17) is 15.2 Å². The number of aliphatic hydroxyl groups excluding tert-OH is 1. The summed E-state index contributed by atoms with van der Waals surface area (Å²) in [6.45, 7) is 16.3. The molecule has 0 saturated carbocycles. The summed E-state index contributed by atoms with van der Waals surface area (Å²) in [5.74, 6) is -3.04. The summed E-state index contributed by atoms with van der Waals surface area (Å²) in [7, 11) is 0. The number of hydrogen-bond donors (Lipinski definition) is 7. The minimum absolute atomic E-state index is 0.00290. The van der Waals surface area contributed by atoms with Crippen LogP contribution in [0.4, 0.5) is 4.79 Å². The number of hydrogen-bond acceptors (Lipinski definition) is 9. The predicted molar refractivity (Wildman–Crippen MR) is 189 cm³/mol. The number of carbonyl (C=O) groups excluding carboxylic acids is 5. The molecule has 0 bridgehead atoms. The molecular formula is C36H60N6O8. The quantitative estimate of drug-likeness (QED) is 0.126. The Hall–Kier alpha value is -3.75. The first-order valence-corrected chi connectivity index (χ1v) is 17.5. The predicted octanol–water partition coefficient (Wildman–Crippen LogP) is 1.88. The van der Waals surface area contributed by atoms with Crippen molar-refractivity contribution in [1.29, 1.82) is 0 Å². The monoisotopic (exact) mass is 704 g/mol. The van der Waals surface area contributed by atoms with Crippen LogP contribution in [0.1, 0.15) is 87.1 Å². The third-order valence-corrected chi connectivity index (χ3v) is 8.45. The number of nitrogens with two attached hydrogens (primary N) is 1. The Bertz CT molecular complexity index is 1280. The molecule has 1 aromatic carbocycles. The van der Waals surface area contributed by atoms with Gasteiger partial charge < -0.3 is 46.9 Å². The Morgan fingerprint density at radius 1 is 0.880 bits per heavy atom. The number of benzene rings is 1. The Morgan fingerprint density at radius 3 is 2.06 bits per heavy atom. The zero-order chi connectivity index (χ0) is 37.8. The molecule has 7 atom stereocenters. The summed E-state index contributed by atoms with van der Waals surface area (Å²) in [6.07, 6.45) is -1.29. The first-order chi connectivity index (χ1) is 23.2. The summed E-state index contributed by atoms with van der Waals surface area (Å²) >= 11 is 0. The number of alkyl carbamates (subject to hydrolysis) is 1. The molecule has 1 saturated heterocycles.